The molecule has 0 unspecified atom stereocenters. The lowest BCUT2D eigenvalue weighted by molar-refractivity contribution is 0.568. The molecule has 4 heterocycles. The molecule has 0 fully saturated rings. The lowest BCUT2D eigenvalue weighted by Gasteiger charge is -2.26. The van der Waals surface area contributed by atoms with Crippen LogP contribution in [0.1, 0.15) is 105 Å². The van der Waals surface area contributed by atoms with E-state index in [1.54, 1.807) is 0 Å². The van der Waals surface area contributed by atoms with Gasteiger partial charge in [0.05, 0.1) is 33.1 Å². The van der Waals surface area contributed by atoms with Crippen LogP contribution in [0.15, 0.2) is 267 Å². The first-order valence-corrected chi connectivity index (χ1v) is 34.4. The molecule has 13 aromatic carbocycles. The van der Waals surface area contributed by atoms with Gasteiger partial charge in [-0.25, -0.2) is 0 Å². The fourth-order valence-electron chi connectivity index (χ4n) is 15.8. The summed E-state index contributed by atoms with van der Waals surface area (Å²) in [5.74, 6) is 0. The summed E-state index contributed by atoms with van der Waals surface area (Å²) in [6, 6.07) is 102. The van der Waals surface area contributed by atoms with E-state index in [0.29, 0.717) is 0 Å². The van der Waals surface area contributed by atoms with Gasteiger partial charge in [0.15, 0.2) is 0 Å². The van der Waals surface area contributed by atoms with Crippen LogP contribution in [0.3, 0.4) is 0 Å². The molecule has 2 heteroatoms. The standard InChI is InChI=1S/C94H80N2/c1-91(2,3)67-47-65(48-68(55-67)92(4,5)6)61-41-45-79-77(51-61)87-85-75-43-39-64(84-73(59-31-21-15-22-32-59)37-26-38-74(84)60-33-23-16-24-34-60)54-82(75)96-80-46-42-62(66-49-69(93(7,8)9)56-70(50-66)94(10,11)12)52-78(80)88(90(85)96)86-76-44-40-63(53-81(76)95(79)89(86)87)83-71(57-27-17-13-18-28-57)35-25-36-72(83)58-29-19-14-20-30-58/h13-56H,1-12H3. The number of aromatic nitrogens is 2. The fraction of sp³-hybridized carbons (Fsp3) is 0.170. The highest BCUT2D eigenvalue weighted by atomic mass is 14.9. The largest absolute Gasteiger partial charge is 0.308 e. The summed E-state index contributed by atoms with van der Waals surface area (Å²) >= 11 is 0. The fourth-order valence-corrected chi connectivity index (χ4v) is 15.8. The quantitative estimate of drug-likeness (QED) is 0.143. The summed E-state index contributed by atoms with van der Waals surface area (Å²) in [4.78, 5) is 0. The molecule has 0 aliphatic carbocycles. The Bertz CT molecular complexity index is 5380. The molecule has 0 radical (unpaired) electrons. The molecule has 0 aliphatic heterocycles. The van der Waals surface area contributed by atoms with Crippen LogP contribution in [0.25, 0.3) is 165 Å². The van der Waals surface area contributed by atoms with Crippen LogP contribution in [-0.4, -0.2) is 8.80 Å². The number of fused-ring (bicyclic) bond motifs is 14. The van der Waals surface area contributed by atoms with E-state index in [1.165, 1.54) is 187 Å². The second-order valence-electron chi connectivity index (χ2n) is 31.3. The normalized spacial score (nSPS) is 12.8. The Morgan fingerprint density at radius 1 is 0.198 bits per heavy atom. The van der Waals surface area contributed by atoms with E-state index in [9.17, 15) is 0 Å². The van der Waals surface area contributed by atoms with Crippen molar-refractivity contribution in [2.24, 2.45) is 0 Å². The van der Waals surface area contributed by atoms with Crippen LogP contribution < -0.4 is 0 Å². The van der Waals surface area contributed by atoms with Crippen LogP contribution in [0, 0.1) is 0 Å². The van der Waals surface area contributed by atoms with Crippen LogP contribution >= 0.6 is 0 Å². The van der Waals surface area contributed by atoms with Gasteiger partial charge in [-0.1, -0.05) is 314 Å². The van der Waals surface area contributed by atoms with E-state index in [1.807, 2.05) is 0 Å². The molecule has 0 saturated carbocycles. The van der Waals surface area contributed by atoms with Crippen molar-refractivity contribution in [3.63, 3.8) is 0 Å². The highest BCUT2D eigenvalue weighted by Crippen LogP contribution is 2.55. The molecule has 17 aromatic rings. The topological polar surface area (TPSA) is 8.82 Å². The predicted molar refractivity (Wildman–Crippen MR) is 414 cm³/mol. The summed E-state index contributed by atoms with van der Waals surface area (Å²) in [5, 5.41) is 10.2. The highest BCUT2D eigenvalue weighted by molar-refractivity contribution is 6.45. The van der Waals surface area contributed by atoms with Crippen LogP contribution in [0.4, 0.5) is 0 Å². The second-order valence-corrected chi connectivity index (χ2v) is 31.3. The van der Waals surface area contributed by atoms with Crippen molar-refractivity contribution < 1.29 is 0 Å². The first-order chi connectivity index (χ1) is 46.2. The van der Waals surface area contributed by atoms with Crippen molar-refractivity contribution in [1.82, 2.24) is 8.80 Å². The minimum Gasteiger partial charge on any atom is -0.308 e. The Hall–Kier alpha value is -10.5. The van der Waals surface area contributed by atoms with Crippen LogP contribution in [-0.2, 0) is 21.7 Å². The van der Waals surface area contributed by atoms with Crippen molar-refractivity contribution in [3.05, 3.63) is 289 Å². The zero-order valence-electron chi connectivity index (χ0n) is 57.3. The zero-order chi connectivity index (χ0) is 65.9. The molecule has 0 amide bonds. The van der Waals surface area contributed by atoms with Crippen molar-refractivity contribution >= 4 is 76.2 Å². The van der Waals surface area contributed by atoms with Gasteiger partial charge in [0.1, 0.15) is 0 Å². The van der Waals surface area contributed by atoms with Gasteiger partial charge in [0.25, 0.3) is 0 Å². The minimum atomic E-state index is -0.0477. The molecular formula is C94H80N2. The molecule has 0 aliphatic rings. The summed E-state index contributed by atoms with van der Waals surface area (Å²) in [6.07, 6.45) is 0. The Morgan fingerprint density at radius 2 is 0.479 bits per heavy atom. The first kappa shape index (κ1) is 59.2. The Kier molecular flexibility index (Phi) is 13.3. The number of benzene rings is 13. The molecule has 0 bridgehead atoms. The molecule has 4 aromatic heterocycles. The summed E-state index contributed by atoms with van der Waals surface area (Å²) in [5.41, 5.74) is 32.0. The van der Waals surface area contributed by atoms with Crippen LogP contribution in [0.2, 0.25) is 0 Å². The Balaban J connectivity index is 1.05. The average Bonchev–Trinajstić information content (AvgIpc) is 1.49. The van der Waals surface area contributed by atoms with Crippen molar-refractivity contribution in [2.75, 3.05) is 0 Å². The molecule has 0 N–H and O–H groups in total. The van der Waals surface area contributed by atoms with Gasteiger partial charge in [-0.05, 0) is 169 Å². The number of hydrogen-bond donors (Lipinski definition) is 0. The average molecular weight is 1240 g/mol. The maximum atomic E-state index is 2.67. The SMILES string of the molecule is CC(C)(C)c1cc(-c2ccc3c(c2)c2c4c5ccc(-c6c(-c7ccccc7)cccc6-c6ccccc6)cc5n5c6ccc(-c7cc(C(C)(C)C)cc(C(C)(C)C)c7)cc6c(c6c7ccc(-c8c(-c9ccccc9)cccc8-c8ccccc8)cc7n3c26)c45)cc(C(C)(C)C)c1. The molecule has 466 valence electrons. The molecule has 96 heavy (non-hydrogen) atoms. The minimum absolute atomic E-state index is 0.0477. The van der Waals surface area contributed by atoms with Gasteiger partial charge in [0.2, 0.25) is 0 Å². The Morgan fingerprint density at radius 3 is 0.771 bits per heavy atom. The monoisotopic (exact) mass is 1240 g/mol. The van der Waals surface area contributed by atoms with Crippen molar-refractivity contribution in [3.8, 4) is 89.0 Å². The van der Waals surface area contributed by atoms with Gasteiger partial charge < -0.3 is 8.80 Å². The highest BCUT2D eigenvalue weighted by Gasteiger charge is 2.32. The maximum absolute atomic E-state index is 2.67. The second kappa shape index (κ2) is 21.5. The van der Waals surface area contributed by atoms with Crippen LogP contribution in [0.5, 0.6) is 0 Å². The van der Waals surface area contributed by atoms with E-state index in [4.69, 9.17) is 0 Å². The molecule has 17 rings (SSSR count). The molecule has 0 atom stereocenters. The smallest absolute Gasteiger partial charge is 0.0634 e. The van der Waals surface area contributed by atoms with Gasteiger partial charge in [0, 0.05) is 43.1 Å². The van der Waals surface area contributed by atoms with Crippen molar-refractivity contribution in [1.29, 1.82) is 0 Å². The summed E-state index contributed by atoms with van der Waals surface area (Å²) < 4.78 is 5.34. The van der Waals surface area contributed by atoms with E-state index in [2.05, 4.69) is 359 Å². The summed E-state index contributed by atoms with van der Waals surface area (Å²) in [6.45, 7) is 28.2. The van der Waals surface area contributed by atoms with E-state index in [0.717, 1.165) is 0 Å². The summed E-state index contributed by atoms with van der Waals surface area (Å²) in [7, 11) is 0. The third-order valence-electron chi connectivity index (χ3n) is 21.0. The molecule has 0 spiro atoms. The predicted octanol–water partition coefficient (Wildman–Crippen LogP) is 26.5. The lowest BCUT2D eigenvalue weighted by atomic mass is 9.79. The zero-order valence-corrected chi connectivity index (χ0v) is 57.3. The molecule has 0 saturated heterocycles. The maximum Gasteiger partial charge on any atom is 0.0634 e. The number of rotatable bonds is 8. The van der Waals surface area contributed by atoms with Gasteiger partial charge in [-0.15, -0.1) is 0 Å². The van der Waals surface area contributed by atoms with E-state index >= 15 is 0 Å². The number of hydrogen-bond acceptors (Lipinski definition) is 0. The molecule has 2 nitrogen and oxygen atoms in total. The van der Waals surface area contributed by atoms with E-state index < -0.39 is 0 Å². The third-order valence-corrected chi connectivity index (χ3v) is 21.0. The lowest BCUT2D eigenvalue weighted by Crippen LogP contribution is -2.16. The molecular weight excluding hydrogens is 1160 g/mol. The van der Waals surface area contributed by atoms with E-state index in [-0.39, 0.29) is 21.7 Å². The Labute approximate surface area is 564 Å². The number of nitrogens with zero attached hydrogens (tertiary/aromatic N) is 2. The van der Waals surface area contributed by atoms with Crippen molar-refractivity contribution in [2.45, 2.75) is 105 Å². The third kappa shape index (κ3) is 9.42. The van der Waals surface area contributed by atoms with Gasteiger partial charge in [-0.2, -0.15) is 0 Å². The van der Waals surface area contributed by atoms with Gasteiger partial charge in [-0.3, -0.25) is 0 Å². The van der Waals surface area contributed by atoms with Gasteiger partial charge >= 0.3 is 0 Å². The first-order valence-electron chi connectivity index (χ1n) is 34.4.